The molecule has 2 rings (SSSR count). The van der Waals surface area contributed by atoms with E-state index in [1.54, 1.807) is 11.3 Å². The molecule has 2 atom stereocenters. The number of aromatic nitrogens is 1. The average molecular weight is 331 g/mol. The van der Waals surface area contributed by atoms with Crippen molar-refractivity contribution in [3.05, 3.63) is 40.2 Å². The van der Waals surface area contributed by atoms with E-state index in [1.807, 2.05) is 20.8 Å². The van der Waals surface area contributed by atoms with Crippen LogP contribution in [0.25, 0.3) is 11.3 Å². The molecule has 124 valence electrons. The largest absolute Gasteiger partial charge is 0.354 e. The fourth-order valence-electron chi connectivity index (χ4n) is 2.30. The van der Waals surface area contributed by atoms with E-state index in [0.29, 0.717) is 6.54 Å². The third kappa shape index (κ3) is 4.88. The molecule has 1 amide bonds. The van der Waals surface area contributed by atoms with Crippen LogP contribution >= 0.6 is 11.3 Å². The highest BCUT2D eigenvalue weighted by Crippen LogP contribution is 2.21. The maximum Gasteiger partial charge on any atom is 0.237 e. The van der Waals surface area contributed by atoms with Crippen LogP contribution < -0.4 is 11.1 Å². The zero-order valence-corrected chi connectivity index (χ0v) is 14.8. The first kappa shape index (κ1) is 17.6. The first-order valence-electron chi connectivity index (χ1n) is 8.06. The maximum absolute atomic E-state index is 11.9. The molecule has 1 aromatic heterocycles. The van der Waals surface area contributed by atoms with Gasteiger partial charge in [0.25, 0.3) is 0 Å². The molecule has 0 saturated heterocycles. The van der Waals surface area contributed by atoms with E-state index >= 15 is 0 Å². The van der Waals surface area contributed by atoms with Gasteiger partial charge in [-0.3, -0.25) is 4.79 Å². The summed E-state index contributed by atoms with van der Waals surface area (Å²) in [6.45, 7) is 6.67. The number of nitrogens with one attached hydrogen (secondary N) is 1. The second-order valence-corrected chi connectivity index (χ2v) is 6.96. The second-order valence-electron chi connectivity index (χ2n) is 5.90. The van der Waals surface area contributed by atoms with Crippen LogP contribution in [-0.2, 0) is 11.2 Å². The van der Waals surface area contributed by atoms with Gasteiger partial charge in [-0.25, -0.2) is 4.98 Å². The van der Waals surface area contributed by atoms with Gasteiger partial charge >= 0.3 is 0 Å². The van der Waals surface area contributed by atoms with Crippen molar-refractivity contribution < 1.29 is 4.79 Å². The first-order chi connectivity index (χ1) is 11.0. The summed E-state index contributed by atoms with van der Waals surface area (Å²) >= 11 is 1.66. The van der Waals surface area contributed by atoms with Crippen molar-refractivity contribution in [1.82, 2.24) is 10.3 Å². The number of amides is 1. The van der Waals surface area contributed by atoms with Gasteiger partial charge in [0.05, 0.1) is 16.7 Å². The van der Waals surface area contributed by atoms with Gasteiger partial charge in [0.1, 0.15) is 0 Å². The van der Waals surface area contributed by atoms with Crippen LogP contribution in [0.3, 0.4) is 0 Å². The Morgan fingerprint density at radius 2 is 2.04 bits per heavy atom. The summed E-state index contributed by atoms with van der Waals surface area (Å²) < 4.78 is 0. The lowest BCUT2D eigenvalue weighted by molar-refractivity contribution is -0.123. The third-order valence-corrected chi connectivity index (χ3v) is 4.91. The van der Waals surface area contributed by atoms with Crippen LogP contribution in [0.2, 0.25) is 0 Å². The molecule has 0 bridgehead atoms. The van der Waals surface area contributed by atoms with E-state index in [2.05, 4.69) is 39.9 Å². The van der Waals surface area contributed by atoms with Crippen molar-refractivity contribution in [2.75, 3.05) is 6.54 Å². The molecule has 23 heavy (non-hydrogen) atoms. The lowest BCUT2D eigenvalue weighted by Gasteiger charge is -2.17. The van der Waals surface area contributed by atoms with Gasteiger partial charge in [0.2, 0.25) is 5.91 Å². The van der Waals surface area contributed by atoms with E-state index in [1.165, 1.54) is 5.56 Å². The quantitative estimate of drug-likeness (QED) is 0.819. The lowest BCUT2D eigenvalue weighted by atomic mass is 9.99. The third-order valence-electron chi connectivity index (χ3n) is 4.14. The van der Waals surface area contributed by atoms with Crippen LogP contribution in [0.15, 0.2) is 29.6 Å². The number of rotatable bonds is 7. The van der Waals surface area contributed by atoms with Gasteiger partial charge in [0.15, 0.2) is 0 Å². The smallest absolute Gasteiger partial charge is 0.237 e. The highest BCUT2D eigenvalue weighted by molar-refractivity contribution is 7.09. The minimum atomic E-state index is -0.421. The molecule has 4 nitrogen and oxygen atoms in total. The monoisotopic (exact) mass is 331 g/mol. The maximum atomic E-state index is 11.9. The zero-order chi connectivity index (χ0) is 16.8. The Bertz CT molecular complexity index is 636. The van der Waals surface area contributed by atoms with Gasteiger partial charge < -0.3 is 11.1 Å². The lowest BCUT2D eigenvalue weighted by Crippen LogP contribution is -2.45. The molecule has 5 heteroatoms. The molecule has 0 aliphatic heterocycles. The Kier molecular flexibility index (Phi) is 6.30. The summed E-state index contributed by atoms with van der Waals surface area (Å²) in [6, 6.07) is 7.91. The number of nitrogens with zero attached hydrogens (tertiary/aromatic N) is 1. The number of hydrogen-bond acceptors (Lipinski definition) is 4. The topological polar surface area (TPSA) is 68.0 Å². The van der Waals surface area contributed by atoms with Gasteiger partial charge in [-0.2, -0.15) is 0 Å². The van der Waals surface area contributed by atoms with Crippen molar-refractivity contribution in [2.24, 2.45) is 11.7 Å². The molecule has 0 radical (unpaired) electrons. The average Bonchev–Trinajstić information content (AvgIpc) is 3.00. The minimum absolute atomic E-state index is 0.0612. The van der Waals surface area contributed by atoms with E-state index < -0.39 is 6.04 Å². The molecular weight excluding hydrogens is 306 g/mol. The highest BCUT2D eigenvalue weighted by Gasteiger charge is 2.18. The van der Waals surface area contributed by atoms with Crippen LogP contribution in [0, 0.1) is 12.8 Å². The summed E-state index contributed by atoms with van der Waals surface area (Å²) in [5.41, 5.74) is 9.26. The zero-order valence-electron chi connectivity index (χ0n) is 14.0. The number of nitrogens with two attached hydrogens (primary N) is 1. The number of carbonyl (C=O) groups excluding carboxylic acids is 1. The van der Waals surface area contributed by atoms with Crippen LogP contribution in [0.4, 0.5) is 0 Å². The molecular formula is C18H25N3OS. The van der Waals surface area contributed by atoms with Crippen molar-refractivity contribution in [2.45, 2.75) is 39.7 Å². The van der Waals surface area contributed by atoms with Crippen molar-refractivity contribution >= 4 is 17.2 Å². The Labute approximate surface area is 142 Å². The normalized spacial score (nSPS) is 13.6. The highest BCUT2D eigenvalue weighted by atomic mass is 32.1. The summed E-state index contributed by atoms with van der Waals surface area (Å²) in [4.78, 5) is 16.4. The van der Waals surface area contributed by atoms with E-state index in [4.69, 9.17) is 5.73 Å². The second kappa shape index (κ2) is 8.22. The molecule has 0 saturated carbocycles. The summed E-state index contributed by atoms with van der Waals surface area (Å²) in [7, 11) is 0. The van der Waals surface area contributed by atoms with Crippen LogP contribution in [0.5, 0.6) is 0 Å². The standard InChI is InChI=1S/C18H25N3OS/c1-4-12(2)17(19)18(22)20-10-9-14-5-7-15(8-6-14)16-11-23-13(3)21-16/h5-8,11-12,17H,4,9-10,19H2,1-3H3,(H,20,22). The molecule has 1 aromatic carbocycles. The summed E-state index contributed by atoms with van der Waals surface area (Å²) in [5.74, 6) is 0.143. The van der Waals surface area contributed by atoms with E-state index in [9.17, 15) is 4.79 Å². The number of benzene rings is 1. The SMILES string of the molecule is CCC(C)C(N)C(=O)NCCc1ccc(-c2csc(C)n2)cc1. The fraction of sp³-hybridized carbons (Fsp3) is 0.444. The van der Waals surface area contributed by atoms with Crippen LogP contribution in [0.1, 0.15) is 30.8 Å². The molecule has 0 fully saturated rings. The number of thiazole rings is 1. The Balaban J connectivity index is 1.84. The molecule has 0 aliphatic rings. The van der Waals surface area contributed by atoms with Crippen molar-refractivity contribution in [3.8, 4) is 11.3 Å². The summed E-state index contributed by atoms with van der Waals surface area (Å²) in [6.07, 6.45) is 1.71. The predicted octanol–water partition coefficient (Wildman–Crippen LogP) is 3.15. The Morgan fingerprint density at radius 1 is 1.35 bits per heavy atom. The predicted molar refractivity (Wildman–Crippen MR) is 96.4 cm³/mol. The van der Waals surface area contributed by atoms with Crippen LogP contribution in [-0.4, -0.2) is 23.5 Å². The molecule has 2 aromatic rings. The summed E-state index contributed by atoms with van der Waals surface area (Å²) in [5, 5.41) is 6.06. The number of hydrogen-bond donors (Lipinski definition) is 2. The minimum Gasteiger partial charge on any atom is -0.354 e. The van der Waals surface area contributed by atoms with E-state index in [-0.39, 0.29) is 11.8 Å². The Morgan fingerprint density at radius 3 is 2.61 bits per heavy atom. The molecule has 2 unspecified atom stereocenters. The molecule has 0 spiro atoms. The van der Waals surface area contributed by atoms with Crippen molar-refractivity contribution in [3.63, 3.8) is 0 Å². The van der Waals surface area contributed by atoms with Gasteiger partial charge in [0, 0.05) is 17.5 Å². The molecule has 3 N–H and O–H groups in total. The molecule has 0 aliphatic carbocycles. The number of carbonyl (C=O) groups is 1. The molecule has 1 heterocycles. The fourth-order valence-corrected chi connectivity index (χ4v) is 2.92. The Hall–Kier alpha value is -1.72. The van der Waals surface area contributed by atoms with Gasteiger partial charge in [-0.05, 0) is 24.8 Å². The van der Waals surface area contributed by atoms with E-state index in [0.717, 1.165) is 29.1 Å². The van der Waals surface area contributed by atoms with Crippen molar-refractivity contribution in [1.29, 1.82) is 0 Å². The van der Waals surface area contributed by atoms with Gasteiger partial charge in [-0.15, -0.1) is 11.3 Å². The number of aryl methyl sites for hydroxylation is 1. The van der Waals surface area contributed by atoms with Gasteiger partial charge in [-0.1, -0.05) is 44.5 Å². The first-order valence-corrected chi connectivity index (χ1v) is 8.94.